The molecular weight excluding hydrogens is 287 g/mol. The summed E-state index contributed by atoms with van der Waals surface area (Å²) in [4.78, 5) is 22.3. The number of alkyl halides is 5. The van der Waals surface area contributed by atoms with E-state index in [1.807, 2.05) is 0 Å². The minimum Gasteiger partial charge on any atom is -0.319 e. The van der Waals surface area contributed by atoms with Crippen LogP contribution in [-0.2, 0) is 11.3 Å². The number of nitrogens with one attached hydrogen (secondary N) is 1. The summed E-state index contributed by atoms with van der Waals surface area (Å²) in [5, 5.41) is 1.45. The van der Waals surface area contributed by atoms with Crippen molar-refractivity contribution >= 4 is 11.6 Å². The van der Waals surface area contributed by atoms with Crippen LogP contribution < -0.4 is 10.9 Å². The lowest BCUT2D eigenvalue weighted by atomic mass is 10.3. The molecule has 1 heterocycles. The minimum absolute atomic E-state index is 0.248. The number of aromatic nitrogens is 1. The number of carbonyl (C=O) groups excluding carboxylic acids is 1. The average molecular weight is 298 g/mol. The Balaban J connectivity index is 2.97. The molecule has 0 unspecified atom stereocenters. The van der Waals surface area contributed by atoms with E-state index in [0.29, 0.717) is 6.42 Å². The first-order chi connectivity index (χ1) is 9.09. The maximum Gasteiger partial charge on any atom is 0.463 e. The van der Waals surface area contributed by atoms with Gasteiger partial charge in [0.05, 0.1) is 5.69 Å². The number of hydrogen-bond acceptors (Lipinski definition) is 2. The summed E-state index contributed by atoms with van der Waals surface area (Å²) >= 11 is 0. The molecule has 1 N–H and O–H groups in total. The van der Waals surface area contributed by atoms with Gasteiger partial charge in [0.1, 0.15) is 0 Å². The number of anilines is 1. The highest BCUT2D eigenvalue weighted by atomic mass is 19.4. The molecular formula is C11H11F5N2O2. The van der Waals surface area contributed by atoms with Crippen LogP contribution in [0.25, 0.3) is 0 Å². The van der Waals surface area contributed by atoms with Gasteiger partial charge in [-0.2, -0.15) is 22.0 Å². The van der Waals surface area contributed by atoms with Crippen molar-refractivity contribution < 1.29 is 26.7 Å². The molecule has 0 saturated heterocycles. The van der Waals surface area contributed by atoms with Crippen LogP contribution in [0.15, 0.2) is 23.1 Å². The molecule has 0 spiro atoms. The Bertz CT molecular complexity index is 550. The van der Waals surface area contributed by atoms with E-state index in [1.165, 1.54) is 5.32 Å². The van der Waals surface area contributed by atoms with Crippen molar-refractivity contribution in [2.24, 2.45) is 0 Å². The first-order valence-corrected chi connectivity index (χ1v) is 5.56. The second-order valence-corrected chi connectivity index (χ2v) is 3.98. The van der Waals surface area contributed by atoms with Gasteiger partial charge in [0.2, 0.25) is 0 Å². The number of hydrogen-bond donors (Lipinski definition) is 1. The van der Waals surface area contributed by atoms with Crippen LogP contribution in [-0.4, -0.2) is 22.6 Å². The summed E-state index contributed by atoms with van der Waals surface area (Å²) < 4.78 is 62.5. The summed E-state index contributed by atoms with van der Waals surface area (Å²) in [6, 6.07) is 1.93. The number of amides is 1. The van der Waals surface area contributed by atoms with Crippen LogP contribution in [0.2, 0.25) is 0 Å². The van der Waals surface area contributed by atoms with E-state index in [-0.39, 0.29) is 12.2 Å². The highest BCUT2D eigenvalue weighted by Crippen LogP contribution is 2.36. The molecule has 20 heavy (non-hydrogen) atoms. The fraction of sp³-hybridized carbons (Fsp3) is 0.455. The zero-order valence-electron chi connectivity index (χ0n) is 10.3. The Kier molecular flexibility index (Phi) is 4.51. The van der Waals surface area contributed by atoms with Crippen LogP contribution in [0.3, 0.4) is 0 Å². The Morgan fingerprint density at radius 2 is 1.85 bits per heavy atom. The summed E-state index contributed by atoms with van der Waals surface area (Å²) in [6.07, 6.45) is -4.42. The largest absolute Gasteiger partial charge is 0.463 e. The van der Waals surface area contributed by atoms with Gasteiger partial charge in [0, 0.05) is 18.8 Å². The second kappa shape index (κ2) is 5.59. The molecule has 0 saturated carbocycles. The van der Waals surface area contributed by atoms with E-state index in [0.717, 1.165) is 22.9 Å². The van der Waals surface area contributed by atoms with Crippen LogP contribution in [0, 0.1) is 0 Å². The Morgan fingerprint density at radius 1 is 1.25 bits per heavy atom. The van der Waals surface area contributed by atoms with Gasteiger partial charge >= 0.3 is 18.0 Å². The van der Waals surface area contributed by atoms with Gasteiger partial charge in [-0.1, -0.05) is 6.92 Å². The van der Waals surface area contributed by atoms with Crippen molar-refractivity contribution in [3.8, 4) is 0 Å². The van der Waals surface area contributed by atoms with Gasteiger partial charge in [0.15, 0.2) is 0 Å². The van der Waals surface area contributed by atoms with Crippen LogP contribution in [0.4, 0.5) is 27.6 Å². The van der Waals surface area contributed by atoms with E-state index >= 15 is 0 Å². The number of carbonyl (C=O) groups is 1. The van der Waals surface area contributed by atoms with Gasteiger partial charge in [0.25, 0.3) is 5.56 Å². The summed E-state index contributed by atoms with van der Waals surface area (Å²) in [5.74, 6) is -8.00. The van der Waals surface area contributed by atoms with E-state index in [9.17, 15) is 31.5 Å². The molecule has 0 fully saturated rings. The number of aryl methyl sites for hydroxylation is 1. The highest BCUT2D eigenvalue weighted by molar-refractivity contribution is 5.96. The van der Waals surface area contributed by atoms with E-state index in [2.05, 4.69) is 0 Å². The van der Waals surface area contributed by atoms with Crippen molar-refractivity contribution in [3.63, 3.8) is 0 Å². The molecule has 0 aliphatic heterocycles. The molecule has 0 bridgehead atoms. The number of rotatable bonds is 4. The molecule has 0 atom stereocenters. The van der Waals surface area contributed by atoms with Crippen molar-refractivity contribution in [3.05, 3.63) is 28.7 Å². The summed E-state index contributed by atoms with van der Waals surface area (Å²) in [5.41, 5.74) is -0.764. The maximum atomic E-state index is 12.7. The quantitative estimate of drug-likeness (QED) is 0.868. The molecule has 0 radical (unpaired) electrons. The minimum atomic E-state index is -5.98. The van der Waals surface area contributed by atoms with Crippen molar-refractivity contribution in [1.82, 2.24) is 4.57 Å². The van der Waals surface area contributed by atoms with E-state index in [1.54, 1.807) is 6.92 Å². The zero-order chi connectivity index (χ0) is 15.6. The highest BCUT2D eigenvalue weighted by Gasteiger charge is 2.63. The Hall–Kier alpha value is -1.93. The van der Waals surface area contributed by atoms with Crippen molar-refractivity contribution in [2.75, 3.05) is 5.32 Å². The molecule has 1 aromatic rings. The SMILES string of the molecule is CCCn1cc(NC(=O)C(F)(F)C(F)(F)F)ccc1=O. The van der Waals surface area contributed by atoms with Gasteiger partial charge in [-0.25, -0.2) is 0 Å². The van der Waals surface area contributed by atoms with Gasteiger partial charge in [-0.3, -0.25) is 9.59 Å². The molecule has 9 heteroatoms. The average Bonchev–Trinajstić information content (AvgIpc) is 2.32. The monoisotopic (exact) mass is 298 g/mol. The lowest BCUT2D eigenvalue weighted by molar-refractivity contribution is -0.267. The predicted octanol–water partition coefficient (Wildman–Crippen LogP) is 2.39. The molecule has 1 amide bonds. The van der Waals surface area contributed by atoms with Crippen LogP contribution in [0.5, 0.6) is 0 Å². The fourth-order valence-corrected chi connectivity index (χ4v) is 1.36. The lowest BCUT2D eigenvalue weighted by Gasteiger charge is -2.18. The zero-order valence-corrected chi connectivity index (χ0v) is 10.3. The molecule has 0 aliphatic rings. The number of pyridine rings is 1. The normalized spacial score (nSPS) is 12.3. The van der Waals surface area contributed by atoms with Crippen LogP contribution in [0.1, 0.15) is 13.3 Å². The van der Waals surface area contributed by atoms with E-state index < -0.39 is 23.6 Å². The third-order valence-electron chi connectivity index (χ3n) is 2.35. The van der Waals surface area contributed by atoms with Gasteiger partial charge < -0.3 is 9.88 Å². The predicted molar refractivity (Wildman–Crippen MR) is 60.6 cm³/mol. The second-order valence-electron chi connectivity index (χ2n) is 3.98. The van der Waals surface area contributed by atoms with Gasteiger partial charge in [-0.15, -0.1) is 0 Å². The summed E-state index contributed by atoms with van der Waals surface area (Å²) in [7, 11) is 0. The number of nitrogens with zero attached hydrogens (tertiary/aromatic N) is 1. The topological polar surface area (TPSA) is 51.1 Å². The molecule has 1 rings (SSSR count). The molecule has 0 aromatic carbocycles. The first kappa shape index (κ1) is 16.1. The smallest absolute Gasteiger partial charge is 0.319 e. The molecule has 1 aromatic heterocycles. The molecule has 112 valence electrons. The van der Waals surface area contributed by atoms with Crippen molar-refractivity contribution in [2.45, 2.75) is 32.0 Å². The summed E-state index contributed by atoms with van der Waals surface area (Å²) in [6.45, 7) is 1.99. The fourth-order valence-electron chi connectivity index (χ4n) is 1.36. The maximum absolute atomic E-state index is 12.7. The van der Waals surface area contributed by atoms with Crippen molar-refractivity contribution in [1.29, 1.82) is 0 Å². The number of halogens is 5. The third kappa shape index (κ3) is 3.34. The third-order valence-corrected chi connectivity index (χ3v) is 2.35. The van der Waals surface area contributed by atoms with E-state index in [4.69, 9.17) is 0 Å². The molecule has 4 nitrogen and oxygen atoms in total. The first-order valence-electron chi connectivity index (χ1n) is 5.56. The Morgan fingerprint density at radius 3 is 2.35 bits per heavy atom. The lowest BCUT2D eigenvalue weighted by Crippen LogP contribution is -2.47. The van der Waals surface area contributed by atoms with Gasteiger partial charge in [-0.05, 0) is 12.5 Å². The molecule has 0 aliphatic carbocycles. The Labute approximate surface area is 110 Å². The van der Waals surface area contributed by atoms with Crippen LogP contribution >= 0.6 is 0 Å². The standard InChI is InChI=1S/C11H11F5N2O2/c1-2-5-18-6-7(3-4-8(18)19)17-9(20)10(12,13)11(14,15)16/h3-4,6H,2,5H2,1H3,(H,17,20).